The highest BCUT2D eigenvalue weighted by Gasteiger charge is 2.33. The fourth-order valence-corrected chi connectivity index (χ4v) is 5.06. The molecule has 0 bridgehead atoms. The Morgan fingerprint density at radius 2 is 1.75 bits per heavy atom. The molecule has 0 saturated carbocycles. The summed E-state index contributed by atoms with van der Waals surface area (Å²) >= 11 is 1.17. The monoisotopic (exact) mass is 508 g/mol. The molecule has 0 N–H and O–H groups in total. The van der Waals surface area contributed by atoms with E-state index in [0.717, 1.165) is 0 Å². The van der Waals surface area contributed by atoms with Gasteiger partial charge >= 0.3 is 11.9 Å². The van der Waals surface area contributed by atoms with E-state index >= 15 is 0 Å². The minimum Gasteiger partial charge on any atom is -0.493 e. The minimum absolute atomic E-state index is 0.240. The molecule has 10 heteroatoms. The molecule has 0 unspecified atom stereocenters. The van der Waals surface area contributed by atoms with Gasteiger partial charge in [-0.15, -0.1) is 0 Å². The second-order valence-electron chi connectivity index (χ2n) is 7.82. The van der Waals surface area contributed by atoms with Crippen LogP contribution in [0.3, 0.4) is 0 Å². The van der Waals surface area contributed by atoms with Gasteiger partial charge in [-0.3, -0.25) is 14.2 Å². The van der Waals surface area contributed by atoms with E-state index in [4.69, 9.17) is 18.9 Å². The van der Waals surface area contributed by atoms with Gasteiger partial charge < -0.3 is 18.9 Å². The number of nitrogens with zero attached hydrogens (tertiary/aromatic N) is 2. The first-order valence-electron chi connectivity index (χ1n) is 10.9. The Hall–Kier alpha value is -4.18. The summed E-state index contributed by atoms with van der Waals surface area (Å²) in [5.41, 5.74) is 1.50. The van der Waals surface area contributed by atoms with Crippen LogP contribution in [0.15, 0.2) is 63.5 Å². The normalized spacial score (nSPS) is 15.1. The summed E-state index contributed by atoms with van der Waals surface area (Å²) in [6, 6.07) is 11.3. The van der Waals surface area contributed by atoms with Crippen LogP contribution in [0.2, 0.25) is 0 Å². The van der Waals surface area contributed by atoms with Gasteiger partial charge in [0.05, 0.1) is 43.2 Å². The topological polar surface area (TPSA) is 105 Å². The highest BCUT2D eigenvalue weighted by molar-refractivity contribution is 7.07. The summed E-state index contributed by atoms with van der Waals surface area (Å²) in [5.74, 6) is 0.232. The van der Waals surface area contributed by atoms with Gasteiger partial charge in [-0.25, -0.2) is 9.79 Å². The second-order valence-corrected chi connectivity index (χ2v) is 8.83. The number of rotatable bonds is 6. The lowest BCUT2D eigenvalue weighted by atomic mass is 9.95. The number of allylic oxidation sites excluding steroid dienone is 1. The van der Waals surface area contributed by atoms with E-state index in [1.54, 1.807) is 55.5 Å². The molecule has 0 fully saturated rings. The van der Waals surface area contributed by atoms with Crippen molar-refractivity contribution >= 4 is 29.4 Å². The Kier molecular flexibility index (Phi) is 7.07. The van der Waals surface area contributed by atoms with Crippen LogP contribution >= 0.6 is 11.3 Å². The number of benzene rings is 2. The van der Waals surface area contributed by atoms with Gasteiger partial charge in [0.15, 0.2) is 16.3 Å². The Morgan fingerprint density at radius 1 is 1.03 bits per heavy atom. The molecule has 186 valence electrons. The SMILES string of the molecule is COC(=O)C1=C(C)N=c2s/c(=C/c3ccccc3OC(C)=O)c(=O)n2[C@H]1c1ccc(OC)c(OC)c1. The molecule has 36 heavy (non-hydrogen) atoms. The van der Waals surface area contributed by atoms with Crippen molar-refractivity contribution in [3.63, 3.8) is 0 Å². The van der Waals surface area contributed by atoms with E-state index in [0.29, 0.717) is 43.4 Å². The summed E-state index contributed by atoms with van der Waals surface area (Å²) in [6.07, 6.45) is 1.64. The van der Waals surface area contributed by atoms with Gasteiger partial charge in [-0.1, -0.05) is 35.6 Å². The number of hydrogen-bond acceptors (Lipinski definition) is 9. The number of fused-ring (bicyclic) bond motifs is 1. The van der Waals surface area contributed by atoms with Crippen LogP contribution in [-0.2, 0) is 14.3 Å². The molecule has 0 amide bonds. The third-order valence-corrected chi connectivity index (χ3v) is 6.59. The van der Waals surface area contributed by atoms with E-state index in [1.807, 2.05) is 0 Å². The van der Waals surface area contributed by atoms with Gasteiger partial charge in [-0.05, 0) is 36.8 Å². The van der Waals surface area contributed by atoms with E-state index in [2.05, 4.69) is 4.99 Å². The van der Waals surface area contributed by atoms with Gasteiger partial charge in [-0.2, -0.15) is 0 Å². The molecule has 4 rings (SSSR count). The van der Waals surface area contributed by atoms with Crippen molar-refractivity contribution in [1.29, 1.82) is 0 Å². The average Bonchev–Trinajstić information content (AvgIpc) is 3.17. The molecule has 0 radical (unpaired) electrons. The number of aromatic nitrogens is 1. The highest BCUT2D eigenvalue weighted by Crippen LogP contribution is 2.36. The second kappa shape index (κ2) is 10.2. The molecule has 3 aromatic rings. The lowest BCUT2D eigenvalue weighted by Gasteiger charge is -2.25. The zero-order chi connectivity index (χ0) is 26.0. The van der Waals surface area contributed by atoms with Crippen molar-refractivity contribution in [1.82, 2.24) is 4.57 Å². The number of methoxy groups -OCH3 is 3. The summed E-state index contributed by atoms with van der Waals surface area (Å²) < 4.78 is 22.9. The number of carbonyl (C=O) groups is 2. The van der Waals surface area contributed by atoms with Crippen molar-refractivity contribution in [3.05, 3.63) is 84.5 Å². The molecule has 0 saturated heterocycles. The molecule has 1 aromatic heterocycles. The van der Waals surface area contributed by atoms with Gasteiger partial charge in [0.2, 0.25) is 0 Å². The van der Waals surface area contributed by atoms with Crippen molar-refractivity contribution in [2.24, 2.45) is 4.99 Å². The van der Waals surface area contributed by atoms with Crippen molar-refractivity contribution in [3.8, 4) is 17.2 Å². The van der Waals surface area contributed by atoms with Gasteiger partial charge in [0, 0.05) is 12.5 Å². The first-order chi connectivity index (χ1) is 17.3. The third kappa shape index (κ3) is 4.55. The molecule has 0 aliphatic carbocycles. The number of hydrogen-bond donors (Lipinski definition) is 0. The van der Waals surface area contributed by atoms with Crippen LogP contribution in [0.25, 0.3) is 6.08 Å². The maximum absolute atomic E-state index is 13.7. The minimum atomic E-state index is -0.806. The van der Waals surface area contributed by atoms with Crippen molar-refractivity contribution < 1.29 is 28.5 Å². The van der Waals surface area contributed by atoms with Gasteiger partial charge in [0.1, 0.15) is 5.75 Å². The summed E-state index contributed by atoms with van der Waals surface area (Å²) in [7, 11) is 4.32. The van der Waals surface area contributed by atoms with Crippen molar-refractivity contribution in [2.75, 3.05) is 21.3 Å². The van der Waals surface area contributed by atoms with E-state index in [1.165, 1.54) is 44.2 Å². The predicted octanol–water partition coefficient (Wildman–Crippen LogP) is 2.35. The lowest BCUT2D eigenvalue weighted by molar-refractivity contribution is -0.136. The maximum Gasteiger partial charge on any atom is 0.338 e. The zero-order valence-electron chi connectivity index (χ0n) is 20.4. The van der Waals surface area contributed by atoms with Crippen LogP contribution in [0.1, 0.15) is 31.0 Å². The molecule has 2 aromatic carbocycles. The standard InChI is InChI=1S/C26H24N2O7S/c1-14-22(25(31)34-5)23(17-10-11-19(32-3)20(12-17)33-4)28-24(30)21(36-26(28)27-14)13-16-8-6-7-9-18(16)35-15(2)29/h6-13,23H,1-5H3/b21-13+/t23-/m0/s1. The Balaban J connectivity index is 1.97. The predicted molar refractivity (Wildman–Crippen MR) is 133 cm³/mol. The maximum atomic E-state index is 13.7. The quantitative estimate of drug-likeness (QED) is 0.372. The Bertz CT molecular complexity index is 1570. The number of ether oxygens (including phenoxy) is 4. The first kappa shape index (κ1) is 24.9. The molecule has 1 atom stereocenters. The Labute approximate surface area is 210 Å². The average molecular weight is 509 g/mol. The van der Waals surface area contributed by atoms with E-state index < -0.39 is 18.0 Å². The van der Waals surface area contributed by atoms with Crippen LogP contribution in [0, 0.1) is 0 Å². The molecule has 1 aliphatic heterocycles. The Morgan fingerprint density at radius 3 is 2.42 bits per heavy atom. The lowest BCUT2D eigenvalue weighted by Crippen LogP contribution is -2.39. The van der Waals surface area contributed by atoms with E-state index in [-0.39, 0.29) is 11.1 Å². The van der Waals surface area contributed by atoms with Crippen LogP contribution in [-0.4, -0.2) is 37.8 Å². The summed E-state index contributed by atoms with van der Waals surface area (Å²) in [5, 5.41) is 0. The summed E-state index contributed by atoms with van der Waals surface area (Å²) in [4.78, 5) is 43.0. The molecular weight excluding hydrogens is 484 g/mol. The number of esters is 2. The van der Waals surface area contributed by atoms with Gasteiger partial charge in [0.25, 0.3) is 5.56 Å². The van der Waals surface area contributed by atoms with Crippen LogP contribution in [0.4, 0.5) is 0 Å². The zero-order valence-corrected chi connectivity index (χ0v) is 21.2. The largest absolute Gasteiger partial charge is 0.493 e. The number of para-hydroxylation sites is 1. The fourth-order valence-electron chi connectivity index (χ4n) is 4.02. The van der Waals surface area contributed by atoms with Crippen LogP contribution in [0.5, 0.6) is 17.2 Å². The smallest absolute Gasteiger partial charge is 0.338 e. The molecule has 0 spiro atoms. The number of carbonyl (C=O) groups excluding carboxylic acids is 2. The molecule has 9 nitrogen and oxygen atoms in total. The molecule has 1 aliphatic rings. The van der Waals surface area contributed by atoms with Crippen LogP contribution < -0.4 is 29.1 Å². The molecule has 2 heterocycles. The fraction of sp³-hybridized carbons (Fsp3) is 0.231. The number of thiazole rings is 1. The molecular formula is C26H24N2O7S. The van der Waals surface area contributed by atoms with Crippen molar-refractivity contribution in [2.45, 2.75) is 19.9 Å². The highest BCUT2D eigenvalue weighted by atomic mass is 32.1. The third-order valence-electron chi connectivity index (χ3n) is 5.61. The first-order valence-corrected chi connectivity index (χ1v) is 11.7. The van der Waals surface area contributed by atoms with E-state index in [9.17, 15) is 14.4 Å². The summed E-state index contributed by atoms with van der Waals surface area (Å²) in [6.45, 7) is 3.01.